The summed E-state index contributed by atoms with van der Waals surface area (Å²) in [5.74, 6) is 2.31. The molecule has 0 spiro atoms. The quantitative estimate of drug-likeness (QED) is 0.830. The van der Waals surface area contributed by atoms with Crippen LogP contribution in [0.5, 0.6) is 17.2 Å². The standard InChI is InChI=1S/C11H14N2O3/c1-14-7-5-4-6-8(9(7)15-2)10(16-3)11(12)13-6/h4-5,13H,12H2,1-3H3. The molecule has 86 valence electrons. The van der Waals surface area contributed by atoms with E-state index in [4.69, 9.17) is 19.9 Å². The van der Waals surface area contributed by atoms with E-state index in [0.29, 0.717) is 23.1 Å². The molecule has 0 amide bonds. The molecule has 5 nitrogen and oxygen atoms in total. The molecular weight excluding hydrogens is 208 g/mol. The number of nitrogens with one attached hydrogen (secondary N) is 1. The SMILES string of the molecule is COc1ccc2[nH]c(N)c(OC)c2c1OC. The Labute approximate surface area is 93.1 Å². The molecule has 1 heterocycles. The average molecular weight is 222 g/mol. The molecule has 2 rings (SSSR count). The van der Waals surface area contributed by atoms with Gasteiger partial charge in [-0.3, -0.25) is 0 Å². The lowest BCUT2D eigenvalue weighted by molar-refractivity contribution is 0.356. The first-order valence-electron chi connectivity index (χ1n) is 4.79. The molecule has 0 saturated carbocycles. The van der Waals surface area contributed by atoms with Crippen molar-refractivity contribution in [3.8, 4) is 17.2 Å². The van der Waals surface area contributed by atoms with Crippen LogP contribution >= 0.6 is 0 Å². The largest absolute Gasteiger partial charge is 0.493 e. The lowest BCUT2D eigenvalue weighted by atomic mass is 10.2. The van der Waals surface area contributed by atoms with Crippen LogP contribution in [0.25, 0.3) is 10.9 Å². The van der Waals surface area contributed by atoms with Crippen LogP contribution in [0, 0.1) is 0 Å². The summed E-state index contributed by atoms with van der Waals surface area (Å²) in [6.07, 6.45) is 0. The fraction of sp³-hybridized carbons (Fsp3) is 0.273. The molecule has 0 aliphatic rings. The highest BCUT2D eigenvalue weighted by atomic mass is 16.5. The minimum absolute atomic E-state index is 0.476. The summed E-state index contributed by atoms with van der Waals surface area (Å²) in [4.78, 5) is 3.02. The number of aromatic nitrogens is 1. The molecule has 0 radical (unpaired) electrons. The van der Waals surface area contributed by atoms with E-state index in [1.165, 1.54) is 0 Å². The van der Waals surface area contributed by atoms with Crippen molar-refractivity contribution >= 4 is 16.7 Å². The Hall–Kier alpha value is -2.04. The van der Waals surface area contributed by atoms with E-state index < -0.39 is 0 Å². The number of nitrogens with two attached hydrogens (primary N) is 1. The van der Waals surface area contributed by atoms with Gasteiger partial charge in [0.1, 0.15) is 5.82 Å². The second kappa shape index (κ2) is 3.84. The summed E-state index contributed by atoms with van der Waals surface area (Å²) in [5.41, 5.74) is 6.66. The van der Waals surface area contributed by atoms with Gasteiger partial charge < -0.3 is 24.9 Å². The van der Waals surface area contributed by atoms with Crippen LogP contribution in [-0.4, -0.2) is 26.3 Å². The lowest BCUT2D eigenvalue weighted by Crippen LogP contribution is -1.92. The molecule has 0 bridgehead atoms. The fourth-order valence-electron chi connectivity index (χ4n) is 1.81. The van der Waals surface area contributed by atoms with Gasteiger partial charge in [-0.25, -0.2) is 0 Å². The molecule has 0 fully saturated rings. The van der Waals surface area contributed by atoms with Crippen LogP contribution in [-0.2, 0) is 0 Å². The third-order valence-electron chi connectivity index (χ3n) is 2.49. The van der Waals surface area contributed by atoms with Crippen molar-refractivity contribution < 1.29 is 14.2 Å². The smallest absolute Gasteiger partial charge is 0.173 e. The third-order valence-corrected chi connectivity index (χ3v) is 2.49. The van der Waals surface area contributed by atoms with Crippen LogP contribution in [0.3, 0.4) is 0 Å². The summed E-state index contributed by atoms with van der Waals surface area (Å²) in [6.45, 7) is 0. The van der Waals surface area contributed by atoms with Crippen molar-refractivity contribution in [2.24, 2.45) is 0 Å². The molecule has 16 heavy (non-hydrogen) atoms. The zero-order valence-electron chi connectivity index (χ0n) is 9.46. The molecule has 0 unspecified atom stereocenters. The Balaban J connectivity index is 2.83. The Kier molecular flexibility index (Phi) is 2.52. The highest BCUT2D eigenvalue weighted by Crippen LogP contribution is 2.43. The first-order valence-corrected chi connectivity index (χ1v) is 4.79. The Morgan fingerprint density at radius 1 is 1.00 bits per heavy atom. The van der Waals surface area contributed by atoms with Crippen molar-refractivity contribution in [2.45, 2.75) is 0 Å². The zero-order chi connectivity index (χ0) is 11.7. The van der Waals surface area contributed by atoms with E-state index in [1.54, 1.807) is 21.3 Å². The number of hydrogen-bond donors (Lipinski definition) is 2. The Morgan fingerprint density at radius 3 is 2.25 bits per heavy atom. The zero-order valence-corrected chi connectivity index (χ0v) is 9.46. The van der Waals surface area contributed by atoms with Crippen molar-refractivity contribution in [1.29, 1.82) is 0 Å². The van der Waals surface area contributed by atoms with Gasteiger partial charge in [0.2, 0.25) is 0 Å². The van der Waals surface area contributed by atoms with E-state index in [-0.39, 0.29) is 0 Å². The first kappa shape index (κ1) is 10.5. The van der Waals surface area contributed by atoms with Gasteiger partial charge >= 0.3 is 0 Å². The van der Waals surface area contributed by atoms with Gasteiger partial charge in [0.25, 0.3) is 0 Å². The van der Waals surface area contributed by atoms with Crippen molar-refractivity contribution in [1.82, 2.24) is 4.98 Å². The predicted octanol–water partition coefficient (Wildman–Crippen LogP) is 1.78. The van der Waals surface area contributed by atoms with Crippen LogP contribution in [0.2, 0.25) is 0 Å². The minimum Gasteiger partial charge on any atom is -0.493 e. The summed E-state index contributed by atoms with van der Waals surface area (Å²) >= 11 is 0. The maximum absolute atomic E-state index is 5.80. The van der Waals surface area contributed by atoms with Gasteiger partial charge in [-0.05, 0) is 12.1 Å². The van der Waals surface area contributed by atoms with Gasteiger partial charge in [-0.15, -0.1) is 0 Å². The van der Waals surface area contributed by atoms with Crippen molar-refractivity contribution in [3.05, 3.63) is 12.1 Å². The lowest BCUT2D eigenvalue weighted by Gasteiger charge is -2.09. The van der Waals surface area contributed by atoms with E-state index >= 15 is 0 Å². The summed E-state index contributed by atoms with van der Waals surface area (Å²) in [6, 6.07) is 3.69. The second-order valence-corrected chi connectivity index (χ2v) is 3.30. The number of nitrogen functional groups attached to an aromatic ring is 1. The molecule has 3 N–H and O–H groups in total. The Morgan fingerprint density at radius 2 is 1.69 bits per heavy atom. The number of aromatic amines is 1. The maximum atomic E-state index is 5.80. The van der Waals surface area contributed by atoms with Gasteiger partial charge in [0, 0.05) is 0 Å². The normalized spacial score (nSPS) is 10.4. The second-order valence-electron chi connectivity index (χ2n) is 3.30. The van der Waals surface area contributed by atoms with E-state index in [0.717, 1.165) is 10.9 Å². The topological polar surface area (TPSA) is 69.5 Å². The first-order chi connectivity index (χ1) is 7.72. The van der Waals surface area contributed by atoms with Gasteiger partial charge in [0.15, 0.2) is 17.2 Å². The predicted molar refractivity (Wildman–Crippen MR) is 62.4 cm³/mol. The molecule has 2 aromatic rings. The number of ether oxygens (including phenoxy) is 3. The van der Waals surface area contributed by atoms with Gasteiger partial charge in [0.05, 0.1) is 32.2 Å². The van der Waals surface area contributed by atoms with Crippen LogP contribution in [0.15, 0.2) is 12.1 Å². The monoisotopic (exact) mass is 222 g/mol. The average Bonchev–Trinajstić information content (AvgIpc) is 2.62. The highest BCUT2D eigenvalue weighted by molar-refractivity contribution is 5.98. The number of benzene rings is 1. The van der Waals surface area contributed by atoms with E-state index in [2.05, 4.69) is 4.98 Å². The fourth-order valence-corrected chi connectivity index (χ4v) is 1.81. The van der Waals surface area contributed by atoms with Crippen molar-refractivity contribution in [3.63, 3.8) is 0 Å². The summed E-state index contributed by atoms with van der Waals surface area (Å²) in [5, 5.41) is 0.793. The molecule has 0 saturated heterocycles. The molecule has 0 aliphatic heterocycles. The van der Waals surface area contributed by atoms with E-state index in [1.807, 2.05) is 12.1 Å². The van der Waals surface area contributed by atoms with Crippen LogP contribution < -0.4 is 19.9 Å². The molecule has 0 aliphatic carbocycles. The molecule has 0 atom stereocenters. The number of hydrogen-bond acceptors (Lipinski definition) is 4. The number of fused-ring (bicyclic) bond motifs is 1. The van der Waals surface area contributed by atoms with Crippen molar-refractivity contribution in [2.75, 3.05) is 27.1 Å². The molecule has 5 heteroatoms. The Bertz CT molecular complexity index is 519. The number of anilines is 1. The highest BCUT2D eigenvalue weighted by Gasteiger charge is 2.17. The summed E-state index contributed by atoms with van der Waals surface area (Å²) < 4.78 is 15.8. The summed E-state index contributed by atoms with van der Waals surface area (Å²) in [7, 11) is 4.74. The van der Waals surface area contributed by atoms with E-state index in [9.17, 15) is 0 Å². The number of rotatable bonds is 3. The molecule has 1 aromatic carbocycles. The van der Waals surface area contributed by atoms with Crippen LogP contribution in [0.1, 0.15) is 0 Å². The minimum atomic E-state index is 0.476. The number of H-pyrrole nitrogens is 1. The molecule has 1 aromatic heterocycles. The van der Waals surface area contributed by atoms with Gasteiger partial charge in [-0.1, -0.05) is 0 Å². The number of methoxy groups -OCH3 is 3. The third kappa shape index (κ3) is 1.32. The van der Waals surface area contributed by atoms with Crippen LogP contribution in [0.4, 0.5) is 5.82 Å². The molecular formula is C11H14N2O3. The van der Waals surface area contributed by atoms with Gasteiger partial charge in [-0.2, -0.15) is 0 Å². The maximum Gasteiger partial charge on any atom is 0.173 e.